The van der Waals surface area contributed by atoms with E-state index in [1.807, 2.05) is 18.2 Å². The predicted molar refractivity (Wildman–Crippen MR) is 86.6 cm³/mol. The minimum absolute atomic E-state index is 0.121. The standard InChI is InChI=1S/C16H16BrNO4/c1-2-3-4-13(16(20)21)18-15(19)11-7-10-8-12(17)5-6-14(10)22-9-11/h2-3,5-8,13H,4,9H2,1H3,(H,18,19)(H,20,21)/b3-2+. The van der Waals surface area contributed by atoms with E-state index in [0.29, 0.717) is 11.3 Å². The first-order valence-corrected chi connectivity index (χ1v) is 7.58. The van der Waals surface area contributed by atoms with Gasteiger partial charge in [0.1, 0.15) is 18.4 Å². The van der Waals surface area contributed by atoms with Gasteiger partial charge in [0.15, 0.2) is 0 Å². The van der Waals surface area contributed by atoms with Crippen LogP contribution in [0.1, 0.15) is 18.9 Å². The van der Waals surface area contributed by atoms with Crippen molar-refractivity contribution in [2.45, 2.75) is 19.4 Å². The Kier molecular flexibility index (Phi) is 5.38. The first-order valence-electron chi connectivity index (χ1n) is 6.79. The van der Waals surface area contributed by atoms with Crippen LogP contribution in [0.4, 0.5) is 0 Å². The molecule has 0 spiro atoms. The summed E-state index contributed by atoms with van der Waals surface area (Å²) in [6, 6.07) is 4.57. The van der Waals surface area contributed by atoms with Crippen LogP contribution < -0.4 is 10.1 Å². The average molecular weight is 366 g/mol. The van der Waals surface area contributed by atoms with Gasteiger partial charge in [-0.05, 0) is 37.6 Å². The van der Waals surface area contributed by atoms with Crippen molar-refractivity contribution in [1.82, 2.24) is 5.32 Å². The van der Waals surface area contributed by atoms with Crippen LogP contribution in [0.15, 0.2) is 40.4 Å². The molecule has 2 rings (SSSR count). The monoisotopic (exact) mass is 365 g/mol. The van der Waals surface area contributed by atoms with E-state index in [1.54, 1.807) is 25.2 Å². The summed E-state index contributed by atoms with van der Waals surface area (Å²) in [7, 11) is 0. The number of fused-ring (bicyclic) bond motifs is 1. The summed E-state index contributed by atoms with van der Waals surface area (Å²) in [6.45, 7) is 1.92. The Hall–Kier alpha value is -2.08. The van der Waals surface area contributed by atoms with Crippen LogP contribution in [0.5, 0.6) is 5.75 Å². The number of carboxylic acids is 1. The molecule has 1 aliphatic heterocycles. The fraction of sp³-hybridized carbons (Fsp3) is 0.250. The van der Waals surface area contributed by atoms with Gasteiger partial charge in [0.05, 0.1) is 5.57 Å². The van der Waals surface area contributed by atoms with Gasteiger partial charge in [-0.2, -0.15) is 0 Å². The molecule has 2 N–H and O–H groups in total. The SMILES string of the molecule is C/C=C/CC(NC(=O)C1=Cc2cc(Br)ccc2OC1)C(=O)O. The second-order valence-electron chi connectivity index (χ2n) is 4.81. The molecule has 0 fully saturated rings. The smallest absolute Gasteiger partial charge is 0.326 e. The molecule has 5 nitrogen and oxygen atoms in total. The molecule has 0 saturated heterocycles. The number of halogens is 1. The number of benzene rings is 1. The van der Waals surface area contributed by atoms with Crippen LogP contribution in [-0.2, 0) is 9.59 Å². The highest BCUT2D eigenvalue weighted by Gasteiger charge is 2.23. The second kappa shape index (κ2) is 7.26. The number of carbonyl (C=O) groups is 2. The third kappa shape index (κ3) is 3.98. The Morgan fingerprint density at radius 2 is 2.27 bits per heavy atom. The highest BCUT2D eigenvalue weighted by Crippen LogP contribution is 2.29. The lowest BCUT2D eigenvalue weighted by atomic mass is 10.1. The van der Waals surface area contributed by atoms with Gasteiger partial charge in [-0.15, -0.1) is 0 Å². The third-order valence-corrected chi connectivity index (χ3v) is 3.68. The second-order valence-corrected chi connectivity index (χ2v) is 5.73. The van der Waals surface area contributed by atoms with Crippen LogP contribution in [0.2, 0.25) is 0 Å². The maximum atomic E-state index is 12.2. The van der Waals surface area contributed by atoms with E-state index in [-0.39, 0.29) is 13.0 Å². The van der Waals surface area contributed by atoms with Gasteiger partial charge >= 0.3 is 5.97 Å². The van der Waals surface area contributed by atoms with E-state index in [2.05, 4.69) is 21.2 Å². The third-order valence-electron chi connectivity index (χ3n) is 3.19. The van der Waals surface area contributed by atoms with E-state index in [1.165, 1.54) is 0 Å². The van der Waals surface area contributed by atoms with Crippen molar-refractivity contribution in [2.24, 2.45) is 0 Å². The highest BCUT2D eigenvalue weighted by molar-refractivity contribution is 9.10. The topological polar surface area (TPSA) is 75.6 Å². The molecular weight excluding hydrogens is 350 g/mol. The Morgan fingerprint density at radius 3 is 2.95 bits per heavy atom. The van der Waals surface area contributed by atoms with Crippen LogP contribution in [0.3, 0.4) is 0 Å². The first kappa shape index (κ1) is 16.3. The van der Waals surface area contributed by atoms with Crippen LogP contribution in [-0.4, -0.2) is 29.6 Å². The fourth-order valence-corrected chi connectivity index (χ4v) is 2.40. The van der Waals surface area contributed by atoms with Crippen molar-refractivity contribution in [3.05, 3.63) is 46.0 Å². The Labute approximate surface area is 136 Å². The van der Waals surface area contributed by atoms with Gasteiger partial charge in [-0.3, -0.25) is 4.79 Å². The molecule has 1 unspecified atom stereocenters. The fourth-order valence-electron chi connectivity index (χ4n) is 2.02. The zero-order valence-corrected chi connectivity index (χ0v) is 13.6. The molecule has 22 heavy (non-hydrogen) atoms. The molecule has 1 aromatic carbocycles. The number of hydrogen-bond acceptors (Lipinski definition) is 3. The minimum atomic E-state index is -1.06. The van der Waals surface area contributed by atoms with Gasteiger partial charge in [0.25, 0.3) is 5.91 Å². The zero-order chi connectivity index (χ0) is 16.1. The molecule has 1 aromatic rings. The normalized spacial score (nSPS) is 14.7. The van der Waals surface area contributed by atoms with Gasteiger partial charge in [-0.25, -0.2) is 4.79 Å². The van der Waals surface area contributed by atoms with Crippen LogP contribution in [0.25, 0.3) is 6.08 Å². The number of rotatable bonds is 5. The van der Waals surface area contributed by atoms with Crippen LogP contribution in [0, 0.1) is 0 Å². The lowest BCUT2D eigenvalue weighted by molar-refractivity contribution is -0.141. The Morgan fingerprint density at radius 1 is 1.50 bits per heavy atom. The summed E-state index contributed by atoms with van der Waals surface area (Å²) in [5.74, 6) is -0.794. The van der Waals surface area contributed by atoms with Crippen molar-refractivity contribution in [3.8, 4) is 5.75 Å². The van der Waals surface area contributed by atoms with Gasteiger partial charge < -0.3 is 15.2 Å². The zero-order valence-electron chi connectivity index (χ0n) is 12.0. The molecule has 0 bridgehead atoms. The number of aliphatic carboxylic acids is 1. The molecule has 1 heterocycles. The molecule has 116 valence electrons. The lowest BCUT2D eigenvalue weighted by Crippen LogP contribution is -2.42. The summed E-state index contributed by atoms with van der Waals surface area (Å²) < 4.78 is 6.40. The van der Waals surface area contributed by atoms with E-state index < -0.39 is 17.9 Å². The molecule has 0 radical (unpaired) electrons. The predicted octanol–water partition coefficient (Wildman–Crippen LogP) is 2.76. The Balaban J connectivity index is 2.14. The molecule has 1 aliphatic rings. The number of amides is 1. The van der Waals surface area contributed by atoms with Crippen molar-refractivity contribution >= 4 is 33.9 Å². The minimum Gasteiger partial charge on any atom is -0.488 e. The van der Waals surface area contributed by atoms with Crippen molar-refractivity contribution < 1.29 is 19.4 Å². The van der Waals surface area contributed by atoms with Gasteiger partial charge in [-0.1, -0.05) is 28.1 Å². The van der Waals surface area contributed by atoms with E-state index in [0.717, 1.165) is 10.0 Å². The summed E-state index contributed by atoms with van der Waals surface area (Å²) in [4.78, 5) is 23.4. The lowest BCUT2D eigenvalue weighted by Gasteiger charge is -2.19. The van der Waals surface area contributed by atoms with E-state index in [4.69, 9.17) is 9.84 Å². The van der Waals surface area contributed by atoms with Crippen molar-refractivity contribution in [3.63, 3.8) is 0 Å². The van der Waals surface area contributed by atoms with Gasteiger partial charge in [0, 0.05) is 10.0 Å². The molecule has 0 aliphatic carbocycles. The maximum Gasteiger partial charge on any atom is 0.326 e. The number of hydrogen-bond donors (Lipinski definition) is 2. The molecule has 1 atom stereocenters. The largest absolute Gasteiger partial charge is 0.488 e. The summed E-state index contributed by atoms with van der Waals surface area (Å²) in [6.07, 6.45) is 5.41. The number of nitrogens with one attached hydrogen (secondary N) is 1. The first-order chi connectivity index (χ1) is 10.5. The average Bonchev–Trinajstić information content (AvgIpc) is 2.50. The number of carboxylic acid groups (broad SMARTS) is 1. The highest BCUT2D eigenvalue weighted by atomic mass is 79.9. The molecule has 6 heteroatoms. The quantitative estimate of drug-likeness (QED) is 0.786. The maximum absolute atomic E-state index is 12.2. The van der Waals surface area contributed by atoms with Gasteiger partial charge in [0.2, 0.25) is 0 Å². The van der Waals surface area contributed by atoms with Crippen LogP contribution >= 0.6 is 15.9 Å². The van der Waals surface area contributed by atoms with Crippen molar-refractivity contribution in [1.29, 1.82) is 0 Å². The number of ether oxygens (including phenoxy) is 1. The van der Waals surface area contributed by atoms with Crippen molar-refractivity contribution in [2.75, 3.05) is 6.61 Å². The summed E-state index contributed by atoms with van der Waals surface area (Å²) in [5.41, 5.74) is 1.18. The Bertz CT molecular complexity index is 652. The van der Waals surface area contributed by atoms with E-state index >= 15 is 0 Å². The molecule has 0 aromatic heterocycles. The molecule has 0 saturated carbocycles. The van der Waals surface area contributed by atoms with E-state index in [9.17, 15) is 9.59 Å². The molecule has 1 amide bonds. The number of carbonyl (C=O) groups excluding carboxylic acids is 1. The summed E-state index contributed by atoms with van der Waals surface area (Å²) in [5, 5.41) is 11.7. The summed E-state index contributed by atoms with van der Waals surface area (Å²) >= 11 is 3.36. The molecular formula is C16H16BrNO4. The number of allylic oxidation sites excluding steroid dienone is 1.